The van der Waals surface area contributed by atoms with Crippen molar-refractivity contribution in [2.45, 2.75) is 38.6 Å². The molecule has 0 bridgehead atoms. The topological polar surface area (TPSA) is 113 Å². The summed E-state index contributed by atoms with van der Waals surface area (Å²) < 4.78 is 37.2. The highest BCUT2D eigenvalue weighted by atomic mass is 19.1. The standard InChI is InChI=1S/C26H29F2N7O3/c1-16-31-26(32-38-16)34-9-6-19(7-10-34)35-14-21(28)23-22(29-15-30-24(23)35)13-17-4-5-18(12-20(17)27)25(37)33(2)8-3-11-36/h4-5,12,14-15,19,36H,3,6-11,13H2,1-2H3. The fourth-order valence-corrected chi connectivity index (χ4v) is 4.91. The van der Waals surface area contributed by atoms with E-state index < -0.39 is 11.6 Å². The molecular weight excluding hydrogens is 496 g/mol. The average molecular weight is 526 g/mol. The third kappa shape index (κ3) is 5.08. The largest absolute Gasteiger partial charge is 0.396 e. The zero-order valence-electron chi connectivity index (χ0n) is 21.3. The molecule has 1 aliphatic rings. The van der Waals surface area contributed by atoms with E-state index >= 15 is 8.78 Å². The summed E-state index contributed by atoms with van der Waals surface area (Å²) in [4.78, 5) is 28.9. The first-order valence-corrected chi connectivity index (χ1v) is 12.6. The summed E-state index contributed by atoms with van der Waals surface area (Å²) in [6, 6.07) is 4.29. The third-order valence-electron chi connectivity index (χ3n) is 6.96. The van der Waals surface area contributed by atoms with Crippen molar-refractivity contribution < 1.29 is 23.2 Å². The normalized spacial score (nSPS) is 14.4. The van der Waals surface area contributed by atoms with Gasteiger partial charge in [0.1, 0.15) is 17.8 Å². The van der Waals surface area contributed by atoms with Gasteiger partial charge < -0.3 is 24.0 Å². The number of aromatic nitrogens is 5. The maximum Gasteiger partial charge on any atom is 0.266 e. The minimum absolute atomic E-state index is 0.0267. The van der Waals surface area contributed by atoms with Gasteiger partial charge in [0.05, 0.1) is 11.1 Å². The summed E-state index contributed by atoms with van der Waals surface area (Å²) in [7, 11) is 1.60. The second kappa shape index (κ2) is 10.8. The number of aryl methyl sites for hydroxylation is 1. The number of carbonyl (C=O) groups is 1. The predicted octanol–water partition coefficient (Wildman–Crippen LogP) is 3.29. The van der Waals surface area contributed by atoms with E-state index in [2.05, 4.69) is 20.1 Å². The molecule has 0 aliphatic carbocycles. The van der Waals surface area contributed by atoms with Crippen molar-refractivity contribution >= 4 is 22.9 Å². The Balaban J connectivity index is 1.34. The zero-order valence-corrected chi connectivity index (χ0v) is 21.3. The molecule has 1 aromatic carbocycles. The minimum Gasteiger partial charge on any atom is -0.396 e. The SMILES string of the molecule is Cc1nc(N2CCC(n3cc(F)c4c(Cc5ccc(C(=O)N(C)CCCO)cc5F)ncnc43)CC2)no1. The Morgan fingerprint density at radius 1 is 1.21 bits per heavy atom. The second-order valence-electron chi connectivity index (χ2n) is 9.52. The molecule has 1 N–H and O–H groups in total. The quantitative estimate of drug-likeness (QED) is 0.373. The van der Waals surface area contributed by atoms with E-state index in [9.17, 15) is 4.79 Å². The number of hydrogen-bond donors (Lipinski definition) is 1. The Bertz CT molecular complexity index is 1450. The number of nitrogens with zero attached hydrogens (tertiary/aromatic N) is 7. The molecule has 1 amide bonds. The number of fused-ring (bicyclic) bond motifs is 1. The molecule has 0 unspecified atom stereocenters. The highest BCUT2D eigenvalue weighted by Crippen LogP contribution is 2.31. The lowest BCUT2D eigenvalue weighted by Crippen LogP contribution is -2.35. The van der Waals surface area contributed by atoms with Crippen LogP contribution in [0.4, 0.5) is 14.7 Å². The summed E-state index contributed by atoms with van der Waals surface area (Å²) in [6.45, 7) is 3.46. The average Bonchev–Trinajstić information content (AvgIpc) is 3.51. The van der Waals surface area contributed by atoms with Crippen LogP contribution in [0.15, 0.2) is 35.2 Å². The van der Waals surface area contributed by atoms with Crippen LogP contribution >= 0.6 is 0 Å². The molecule has 1 fully saturated rings. The van der Waals surface area contributed by atoms with Gasteiger partial charge in [-0.1, -0.05) is 6.07 Å². The molecule has 38 heavy (non-hydrogen) atoms. The van der Waals surface area contributed by atoms with Crippen LogP contribution in [0.5, 0.6) is 0 Å². The molecule has 0 radical (unpaired) electrons. The van der Waals surface area contributed by atoms with Crippen molar-refractivity contribution in [2.75, 3.05) is 38.2 Å². The number of anilines is 1. The number of piperidine rings is 1. The van der Waals surface area contributed by atoms with Crippen molar-refractivity contribution in [3.63, 3.8) is 0 Å². The van der Waals surface area contributed by atoms with E-state index in [0.29, 0.717) is 54.8 Å². The third-order valence-corrected chi connectivity index (χ3v) is 6.96. The van der Waals surface area contributed by atoms with Crippen LogP contribution < -0.4 is 4.90 Å². The summed E-state index contributed by atoms with van der Waals surface area (Å²) in [5.74, 6) is -0.294. The van der Waals surface area contributed by atoms with Gasteiger partial charge in [0, 0.05) is 64.4 Å². The Hall–Kier alpha value is -3.93. The molecule has 4 heterocycles. The maximum atomic E-state index is 15.2. The Morgan fingerprint density at radius 3 is 2.68 bits per heavy atom. The van der Waals surface area contributed by atoms with E-state index in [1.54, 1.807) is 20.0 Å². The van der Waals surface area contributed by atoms with Gasteiger partial charge in [0.25, 0.3) is 11.9 Å². The van der Waals surface area contributed by atoms with E-state index in [1.807, 2.05) is 9.47 Å². The van der Waals surface area contributed by atoms with Crippen LogP contribution in [0.1, 0.15) is 52.8 Å². The predicted molar refractivity (Wildman–Crippen MR) is 135 cm³/mol. The number of hydrogen-bond acceptors (Lipinski definition) is 8. The molecule has 1 aliphatic heterocycles. The monoisotopic (exact) mass is 525 g/mol. The Kier molecular flexibility index (Phi) is 7.32. The molecule has 3 aromatic heterocycles. The first-order chi connectivity index (χ1) is 18.4. The molecule has 4 aromatic rings. The Morgan fingerprint density at radius 2 is 2.00 bits per heavy atom. The minimum atomic E-state index is -0.568. The van der Waals surface area contributed by atoms with Crippen molar-refractivity contribution in [3.05, 3.63) is 65.1 Å². The van der Waals surface area contributed by atoms with E-state index in [1.165, 1.54) is 29.6 Å². The maximum absolute atomic E-state index is 15.2. The van der Waals surface area contributed by atoms with Gasteiger partial charge in [-0.15, -0.1) is 0 Å². The van der Waals surface area contributed by atoms with Crippen LogP contribution in [-0.4, -0.2) is 73.9 Å². The van der Waals surface area contributed by atoms with E-state index in [0.717, 1.165) is 12.8 Å². The van der Waals surface area contributed by atoms with Gasteiger partial charge in [-0.25, -0.2) is 18.7 Å². The van der Waals surface area contributed by atoms with Gasteiger partial charge in [-0.2, -0.15) is 4.98 Å². The van der Waals surface area contributed by atoms with E-state index in [4.69, 9.17) is 9.63 Å². The smallest absolute Gasteiger partial charge is 0.266 e. The molecule has 12 heteroatoms. The highest BCUT2D eigenvalue weighted by molar-refractivity contribution is 5.94. The fourth-order valence-electron chi connectivity index (χ4n) is 4.91. The molecule has 10 nitrogen and oxygen atoms in total. The number of rotatable bonds is 8. The molecule has 0 atom stereocenters. The molecule has 0 saturated carbocycles. The summed E-state index contributed by atoms with van der Waals surface area (Å²) in [6.07, 6.45) is 4.80. The van der Waals surface area contributed by atoms with Crippen LogP contribution in [0.25, 0.3) is 11.0 Å². The molecule has 5 rings (SSSR count). The van der Waals surface area contributed by atoms with Gasteiger partial charge >= 0.3 is 0 Å². The van der Waals surface area contributed by atoms with Crippen molar-refractivity contribution in [1.29, 1.82) is 0 Å². The van der Waals surface area contributed by atoms with Gasteiger partial charge in [0.2, 0.25) is 5.89 Å². The summed E-state index contributed by atoms with van der Waals surface area (Å²) in [5.41, 5.74) is 1.36. The van der Waals surface area contributed by atoms with Gasteiger partial charge in [-0.3, -0.25) is 4.79 Å². The lowest BCUT2D eigenvalue weighted by molar-refractivity contribution is 0.0786. The Labute approximate surface area is 217 Å². The van der Waals surface area contributed by atoms with E-state index in [-0.39, 0.29) is 35.9 Å². The zero-order chi connectivity index (χ0) is 26.8. The number of amides is 1. The van der Waals surface area contributed by atoms with Crippen LogP contribution in [-0.2, 0) is 6.42 Å². The lowest BCUT2D eigenvalue weighted by Gasteiger charge is -2.31. The van der Waals surface area contributed by atoms with Crippen molar-refractivity contribution in [3.8, 4) is 0 Å². The number of benzene rings is 1. The molecule has 1 saturated heterocycles. The van der Waals surface area contributed by atoms with Crippen molar-refractivity contribution in [2.24, 2.45) is 0 Å². The first kappa shape index (κ1) is 25.7. The number of halogens is 2. The van der Waals surface area contributed by atoms with Gasteiger partial charge in [-0.05, 0) is 42.1 Å². The van der Waals surface area contributed by atoms with Crippen molar-refractivity contribution in [1.82, 2.24) is 29.6 Å². The highest BCUT2D eigenvalue weighted by Gasteiger charge is 2.27. The lowest BCUT2D eigenvalue weighted by atomic mass is 10.0. The molecule has 0 spiro atoms. The first-order valence-electron chi connectivity index (χ1n) is 12.6. The van der Waals surface area contributed by atoms with Gasteiger partial charge in [0.15, 0.2) is 5.82 Å². The van der Waals surface area contributed by atoms with Crippen LogP contribution in [0.2, 0.25) is 0 Å². The molecule has 200 valence electrons. The second-order valence-corrected chi connectivity index (χ2v) is 9.52. The number of carbonyl (C=O) groups excluding carboxylic acids is 1. The van der Waals surface area contributed by atoms with Crippen LogP contribution in [0, 0.1) is 18.6 Å². The van der Waals surface area contributed by atoms with Crippen LogP contribution in [0.3, 0.4) is 0 Å². The number of aliphatic hydroxyl groups is 1. The fraction of sp³-hybridized carbons (Fsp3) is 0.423. The summed E-state index contributed by atoms with van der Waals surface area (Å²) in [5, 5.41) is 13.2. The molecular formula is C26H29F2N7O3. The summed E-state index contributed by atoms with van der Waals surface area (Å²) >= 11 is 0. The number of aliphatic hydroxyl groups excluding tert-OH is 1.